The summed E-state index contributed by atoms with van der Waals surface area (Å²) < 4.78 is 61.0. The van der Waals surface area contributed by atoms with Crippen molar-refractivity contribution in [3.05, 3.63) is 170 Å². The minimum atomic E-state index is -4.95. The summed E-state index contributed by atoms with van der Waals surface area (Å²) in [6.45, 7) is 2.24. The largest absolute Gasteiger partial charge is 0.472 e. The van der Waals surface area contributed by atoms with Crippen molar-refractivity contribution in [2.75, 3.05) is 39.6 Å². The van der Waals surface area contributed by atoms with Crippen molar-refractivity contribution in [3.8, 4) is 0 Å². The zero-order valence-corrected chi connectivity index (χ0v) is 62.9. The maximum atomic E-state index is 12.9. The van der Waals surface area contributed by atoms with E-state index in [2.05, 4.69) is 191 Å². The Labute approximate surface area is 599 Å². The molecule has 0 saturated heterocycles. The van der Waals surface area contributed by atoms with Gasteiger partial charge in [-0.3, -0.25) is 32.5 Å². The fourth-order valence-corrected chi connectivity index (χ4v) is 10.9. The number of esters is 3. The van der Waals surface area contributed by atoms with Crippen LogP contribution >= 0.6 is 15.6 Å². The molecule has 0 aliphatic rings. The van der Waals surface area contributed by atoms with Gasteiger partial charge in [-0.05, 0) is 148 Å². The second kappa shape index (κ2) is 72.7. The highest BCUT2D eigenvalue weighted by Gasteiger charge is 2.29. The molecule has 4 N–H and O–H groups in total. The lowest BCUT2D eigenvalue weighted by Crippen LogP contribution is -2.30. The Kier molecular flexibility index (Phi) is 69.0. The van der Waals surface area contributed by atoms with Crippen molar-refractivity contribution in [2.45, 2.75) is 283 Å². The van der Waals surface area contributed by atoms with Gasteiger partial charge in [0.15, 0.2) is 6.10 Å². The van der Waals surface area contributed by atoms with Crippen LogP contribution < -0.4 is 0 Å². The van der Waals surface area contributed by atoms with Gasteiger partial charge in [-0.15, -0.1) is 0 Å². The summed E-state index contributed by atoms with van der Waals surface area (Å²) in [5, 5.41) is 20.6. The van der Waals surface area contributed by atoms with E-state index in [9.17, 15) is 43.5 Å². The van der Waals surface area contributed by atoms with Crippen LogP contribution in [0.4, 0.5) is 0 Å². The Balaban J connectivity index is 4.63. The van der Waals surface area contributed by atoms with Crippen LogP contribution in [0.5, 0.6) is 0 Å². The fraction of sp³-hybridized carbons (Fsp3) is 0.617. The molecule has 99 heavy (non-hydrogen) atoms. The second-order valence-electron chi connectivity index (χ2n) is 24.3. The molecule has 0 aliphatic heterocycles. The van der Waals surface area contributed by atoms with Gasteiger partial charge in [-0.1, -0.05) is 268 Å². The number of unbranched alkanes of at least 4 members (excludes halogenated alkanes) is 18. The third-order valence-corrected chi connectivity index (χ3v) is 16.8. The number of hydrogen-bond donors (Lipinski definition) is 4. The number of rotatable bonds is 69. The molecule has 16 nitrogen and oxygen atoms in total. The predicted octanol–water partition coefficient (Wildman–Crippen LogP) is 21.6. The lowest BCUT2D eigenvalue weighted by atomic mass is 10.0. The van der Waals surface area contributed by atoms with Crippen molar-refractivity contribution in [2.24, 2.45) is 0 Å². The van der Waals surface area contributed by atoms with E-state index in [4.69, 9.17) is 32.3 Å². The highest BCUT2D eigenvalue weighted by molar-refractivity contribution is 7.47. The van der Waals surface area contributed by atoms with E-state index in [1.165, 1.54) is 38.5 Å². The second-order valence-corrected chi connectivity index (χ2v) is 27.2. The van der Waals surface area contributed by atoms with E-state index in [1.807, 2.05) is 0 Å². The molecule has 0 aromatic rings. The van der Waals surface area contributed by atoms with Gasteiger partial charge in [0.05, 0.1) is 26.4 Å². The quantitative estimate of drug-likeness (QED) is 0.0146. The number of aliphatic hydroxyl groups is 2. The van der Waals surface area contributed by atoms with Crippen LogP contribution in [0.25, 0.3) is 0 Å². The Morgan fingerprint density at radius 3 is 0.818 bits per heavy atom. The fourth-order valence-electron chi connectivity index (χ4n) is 9.32. The number of ether oxygens (including phenoxy) is 3. The molecule has 0 aliphatic carbocycles. The molecule has 0 saturated carbocycles. The SMILES string of the molecule is CC/C=C\C/C=C\C/C=C\C/C=C\C/C=C\C/C=C\CCCCC(=O)OCC(COP(=O)(O)OCC(O)COP(=O)(O)OCC(O)COC(=O)CCCCCCCCCCCCC/C=C\C/C=C\C/C=C\C/C=C\C/C=C\CC)OC(=O)CCCCCCC/C=C\C/C=C\C/C=C\CC. The van der Waals surface area contributed by atoms with Gasteiger partial charge in [0.1, 0.15) is 25.4 Å². The van der Waals surface area contributed by atoms with E-state index in [0.717, 1.165) is 167 Å². The minimum absolute atomic E-state index is 0.0689. The van der Waals surface area contributed by atoms with E-state index >= 15 is 0 Å². The predicted molar refractivity (Wildman–Crippen MR) is 408 cm³/mol. The van der Waals surface area contributed by atoms with E-state index in [-0.39, 0.29) is 19.3 Å². The molecule has 18 heteroatoms. The molecular weight excluding hydrogens is 1290 g/mol. The van der Waals surface area contributed by atoms with E-state index in [1.54, 1.807) is 0 Å². The lowest BCUT2D eigenvalue weighted by molar-refractivity contribution is -0.161. The Bertz CT molecular complexity index is 2480. The average molecular weight is 1420 g/mol. The third-order valence-electron chi connectivity index (χ3n) is 14.9. The van der Waals surface area contributed by atoms with Crippen LogP contribution in [0.15, 0.2) is 170 Å². The number of allylic oxidation sites excluding steroid dienone is 28. The topological polar surface area (TPSA) is 231 Å². The van der Waals surface area contributed by atoms with Crippen LogP contribution in [-0.2, 0) is 55.8 Å². The summed E-state index contributed by atoms with van der Waals surface area (Å²) in [4.78, 5) is 58.5. The standard InChI is InChI=1S/C81H132O16P2/c1-4-7-10-13-16-19-22-25-28-30-32-34-35-36-37-38-39-41-43-44-47-49-52-55-58-61-64-67-79(84)91-70-76(82)71-93-98(87,88)94-72-77(83)73-95-99(89,90)96-75-78(97-81(86)69-66-63-60-57-54-51-46-27-24-21-18-15-12-9-6-3)74-92-80(85)68-65-62-59-56-53-50-48-45-42-40-33-31-29-26-23-20-17-14-11-8-5-2/h7-12,16-21,25-29,32-34,36-37,40,45-46,48,53,56,76-78,82-83H,4-6,13-15,22-24,30-31,35,38-39,41-44,47,49-52,54-55,57-75H2,1-3H3,(H,87,88)(H,89,90)/b10-7-,11-8-,12-9-,19-16-,20-17-,21-18-,28-25-,29-26-,34-32-,37-36-,40-33-,46-27-,48-45-,56-53-. The van der Waals surface area contributed by atoms with Gasteiger partial charge in [-0.2, -0.15) is 0 Å². The van der Waals surface area contributed by atoms with Gasteiger partial charge >= 0.3 is 33.6 Å². The molecule has 5 unspecified atom stereocenters. The first-order chi connectivity index (χ1) is 48.2. The van der Waals surface area contributed by atoms with Crippen molar-refractivity contribution >= 4 is 33.6 Å². The molecule has 0 aromatic heterocycles. The average Bonchev–Trinajstić information content (AvgIpc) is 1.55. The van der Waals surface area contributed by atoms with Crippen molar-refractivity contribution in [1.82, 2.24) is 0 Å². The zero-order chi connectivity index (χ0) is 72.3. The van der Waals surface area contributed by atoms with Crippen LogP contribution in [0.2, 0.25) is 0 Å². The maximum absolute atomic E-state index is 12.9. The van der Waals surface area contributed by atoms with Crippen LogP contribution in [0, 0.1) is 0 Å². The zero-order valence-electron chi connectivity index (χ0n) is 61.1. The molecule has 0 heterocycles. The van der Waals surface area contributed by atoms with Gasteiger partial charge in [0.2, 0.25) is 0 Å². The van der Waals surface area contributed by atoms with Crippen molar-refractivity contribution in [1.29, 1.82) is 0 Å². The van der Waals surface area contributed by atoms with Gasteiger partial charge in [-0.25, -0.2) is 9.13 Å². The van der Waals surface area contributed by atoms with Crippen LogP contribution in [-0.4, -0.2) is 95.9 Å². The number of phosphoric ester groups is 2. The highest BCUT2D eigenvalue weighted by atomic mass is 31.2. The highest BCUT2D eigenvalue weighted by Crippen LogP contribution is 2.45. The summed E-state index contributed by atoms with van der Waals surface area (Å²) in [5.74, 6) is -1.66. The van der Waals surface area contributed by atoms with E-state index in [0.29, 0.717) is 19.3 Å². The first-order valence-corrected chi connectivity index (χ1v) is 40.4. The first-order valence-electron chi connectivity index (χ1n) is 37.4. The molecule has 0 amide bonds. The molecule has 5 atom stereocenters. The maximum Gasteiger partial charge on any atom is 0.472 e. The summed E-state index contributed by atoms with van der Waals surface area (Å²) in [6, 6.07) is 0. The van der Waals surface area contributed by atoms with Gasteiger partial charge in [0.25, 0.3) is 0 Å². The molecule has 562 valence electrons. The van der Waals surface area contributed by atoms with Crippen LogP contribution in [0.1, 0.15) is 265 Å². The Hall–Kier alpha value is -5.09. The number of carbonyl (C=O) groups excluding carboxylic acids is 3. The normalized spacial score (nSPS) is 15.0. The monoisotopic (exact) mass is 1420 g/mol. The number of phosphoric acid groups is 2. The van der Waals surface area contributed by atoms with Crippen molar-refractivity contribution in [3.63, 3.8) is 0 Å². The minimum Gasteiger partial charge on any atom is -0.463 e. The smallest absolute Gasteiger partial charge is 0.463 e. The van der Waals surface area contributed by atoms with Gasteiger partial charge in [0, 0.05) is 19.3 Å². The summed E-state index contributed by atoms with van der Waals surface area (Å²) >= 11 is 0. The molecule has 0 fully saturated rings. The number of carbonyl (C=O) groups is 3. The number of hydrogen-bond acceptors (Lipinski definition) is 14. The molecule has 0 radical (unpaired) electrons. The Morgan fingerprint density at radius 1 is 0.283 bits per heavy atom. The molecule has 0 bridgehead atoms. The summed E-state index contributed by atoms with van der Waals surface area (Å²) in [5.41, 5.74) is 0. The molecular formula is C81H132O16P2. The van der Waals surface area contributed by atoms with Crippen LogP contribution in [0.3, 0.4) is 0 Å². The lowest BCUT2D eigenvalue weighted by Gasteiger charge is -2.21. The summed E-state index contributed by atoms with van der Waals surface area (Å²) in [6.07, 6.45) is 91.2. The number of aliphatic hydroxyl groups excluding tert-OH is 2. The van der Waals surface area contributed by atoms with Crippen molar-refractivity contribution < 1.29 is 75.8 Å². The molecule has 0 aromatic carbocycles. The van der Waals surface area contributed by atoms with Gasteiger partial charge < -0.3 is 34.2 Å². The summed E-state index contributed by atoms with van der Waals surface area (Å²) in [7, 11) is -9.82. The van der Waals surface area contributed by atoms with E-state index < -0.39 is 91.5 Å². The third kappa shape index (κ3) is 73.9. The molecule has 0 spiro atoms. The molecule has 0 rings (SSSR count). The Morgan fingerprint density at radius 2 is 0.505 bits per heavy atom. The first kappa shape index (κ1) is 93.9.